The van der Waals surface area contributed by atoms with Crippen LogP contribution in [0.2, 0.25) is 0 Å². The van der Waals surface area contributed by atoms with Crippen LogP contribution in [0.5, 0.6) is 0 Å². The zero-order chi connectivity index (χ0) is 28.1. The number of Topliss-reactive ketones (excluding diaryl/α,β-unsaturated/α-hetero) is 1. The van der Waals surface area contributed by atoms with Gasteiger partial charge in [-0.3, -0.25) is 9.79 Å². The van der Waals surface area contributed by atoms with Gasteiger partial charge in [-0.15, -0.1) is 0 Å². The quantitative estimate of drug-likeness (QED) is 0.162. The fourth-order valence-electron chi connectivity index (χ4n) is 3.68. The number of imidazole rings is 1. The van der Waals surface area contributed by atoms with Gasteiger partial charge >= 0.3 is 6.09 Å². The molecule has 11 nitrogen and oxygen atoms in total. The third-order valence-electron chi connectivity index (χ3n) is 5.52. The number of aromatic nitrogens is 2. The summed E-state index contributed by atoms with van der Waals surface area (Å²) in [5, 5.41) is 2.64. The third-order valence-corrected chi connectivity index (χ3v) is 6.89. The van der Waals surface area contributed by atoms with Crippen LogP contribution in [-0.4, -0.2) is 54.0 Å². The van der Waals surface area contributed by atoms with E-state index < -0.39 is 27.8 Å². The van der Waals surface area contributed by atoms with Crippen LogP contribution in [-0.2, 0) is 21.8 Å². The molecule has 0 saturated carbocycles. The molecule has 0 bridgehead atoms. The van der Waals surface area contributed by atoms with Crippen LogP contribution in [0, 0.1) is 6.92 Å². The van der Waals surface area contributed by atoms with Gasteiger partial charge in [-0.25, -0.2) is 22.9 Å². The zero-order valence-electron chi connectivity index (χ0n) is 22.2. The highest BCUT2D eigenvalue weighted by Gasteiger charge is 2.28. The first-order valence-corrected chi connectivity index (χ1v) is 13.6. The van der Waals surface area contributed by atoms with Crippen molar-refractivity contribution in [1.82, 2.24) is 19.6 Å². The Bertz CT molecular complexity index is 1440. The number of sulfonamides is 1. The van der Waals surface area contributed by atoms with Gasteiger partial charge in [0.1, 0.15) is 5.60 Å². The van der Waals surface area contributed by atoms with E-state index in [4.69, 9.17) is 10.5 Å². The summed E-state index contributed by atoms with van der Waals surface area (Å²) < 4.78 is 34.2. The van der Waals surface area contributed by atoms with E-state index in [1.807, 2.05) is 25.1 Å². The smallest absolute Gasteiger partial charge is 0.408 e. The van der Waals surface area contributed by atoms with Gasteiger partial charge in [0.25, 0.3) is 10.0 Å². The van der Waals surface area contributed by atoms with Crippen molar-refractivity contribution >= 4 is 38.9 Å². The topological polar surface area (TPSA) is 158 Å². The first-order chi connectivity index (χ1) is 17.8. The Morgan fingerprint density at radius 3 is 2.42 bits per heavy atom. The number of aryl methyl sites for hydroxylation is 2. The molecule has 0 saturated heterocycles. The molecule has 0 spiro atoms. The number of carbonyl (C=O) groups is 2. The van der Waals surface area contributed by atoms with Crippen LogP contribution >= 0.6 is 0 Å². The number of aliphatic imine (C=N–C) groups is 1. The molecular weight excluding hydrogens is 508 g/mol. The Balaban J connectivity index is 1.70. The number of amides is 1. The molecule has 0 aliphatic carbocycles. The second-order valence-electron chi connectivity index (χ2n) is 9.87. The van der Waals surface area contributed by atoms with E-state index in [-0.39, 0.29) is 35.4 Å². The van der Waals surface area contributed by atoms with Crippen molar-refractivity contribution in [3.05, 3.63) is 59.9 Å². The van der Waals surface area contributed by atoms with Gasteiger partial charge in [0.15, 0.2) is 5.82 Å². The molecule has 1 atom stereocenters. The van der Waals surface area contributed by atoms with E-state index in [0.29, 0.717) is 11.9 Å². The number of para-hydroxylation sites is 2. The predicted molar refractivity (Wildman–Crippen MR) is 145 cm³/mol. The van der Waals surface area contributed by atoms with Crippen LogP contribution in [0.15, 0.2) is 58.4 Å². The highest BCUT2D eigenvalue weighted by atomic mass is 32.2. The van der Waals surface area contributed by atoms with Gasteiger partial charge < -0.3 is 20.4 Å². The molecule has 2 aromatic carbocycles. The first kappa shape index (κ1) is 28.6. The van der Waals surface area contributed by atoms with E-state index in [0.717, 1.165) is 11.1 Å². The third kappa shape index (κ3) is 7.54. The molecule has 4 N–H and O–H groups in total. The largest absolute Gasteiger partial charge is 0.444 e. The van der Waals surface area contributed by atoms with Gasteiger partial charge in [0.2, 0.25) is 11.7 Å². The molecule has 0 radical (unpaired) electrons. The van der Waals surface area contributed by atoms with Crippen molar-refractivity contribution in [3.8, 4) is 0 Å². The number of guanidine groups is 1. The average molecular weight is 543 g/mol. The fourth-order valence-corrected chi connectivity index (χ4v) is 4.63. The first-order valence-electron chi connectivity index (χ1n) is 12.1. The summed E-state index contributed by atoms with van der Waals surface area (Å²) in [6, 6.07) is 12.7. The number of benzene rings is 2. The average Bonchev–Trinajstić information content (AvgIpc) is 3.16. The van der Waals surface area contributed by atoms with Crippen molar-refractivity contribution in [2.24, 2.45) is 17.8 Å². The van der Waals surface area contributed by atoms with Crippen LogP contribution in [0.4, 0.5) is 4.79 Å². The molecular formula is C26H34N6O5S. The summed E-state index contributed by atoms with van der Waals surface area (Å²) in [5.41, 5.74) is 7.42. The number of alkyl carbamates (subject to hydrolysis) is 1. The number of rotatable bonds is 9. The Morgan fingerprint density at radius 1 is 1.13 bits per heavy atom. The molecule has 0 aliphatic heterocycles. The molecule has 204 valence electrons. The minimum atomic E-state index is -3.87. The van der Waals surface area contributed by atoms with Crippen molar-refractivity contribution in [2.45, 2.75) is 57.1 Å². The summed E-state index contributed by atoms with van der Waals surface area (Å²) in [7, 11) is -2.14. The van der Waals surface area contributed by atoms with Crippen molar-refractivity contribution in [1.29, 1.82) is 0 Å². The van der Waals surface area contributed by atoms with Gasteiger partial charge in [-0.05, 0) is 64.8 Å². The lowest BCUT2D eigenvalue weighted by Gasteiger charge is -2.23. The Labute approximate surface area is 222 Å². The molecule has 0 fully saturated rings. The Morgan fingerprint density at radius 2 is 1.79 bits per heavy atom. The normalized spacial score (nSPS) is 13.2. The van der Waals surface area contributed by atoms with Crippen LogP contribution in [0.25, 0.3) is 11.0 Å². The number of fused-ring (bicyclic) bond motifs is 1. The summed E-state index contributed by atoms with van der Waals surface area (Å²) in [6.45, 7) is 7.15. The Hall–Kier alpha value is -3.93. The lowest BCUT2D eigenvalue weighted by atomic mass is 10.1. The number of ether oxygens (including phenoxy) is 1. The minimum Gasteiger partial charge on any atom is -0.444 e. The molecule has 1 amide bonds. The summed E-state index contributed by atoms with van der Waals surface area (Å²) in [5.74, 6) is -0.461. The Kier molecular flexibility index (Phi) is 8.77. The van der Waals surface area contributed by atoms with Crippen LogP contribution in [0.1, 0.15) is 49.8 Å². The molecule has 12 heteroatoms. The zero-order valence-corrected chi connectivity index (χ0v) is 23.0. The molecule has 1 heterocycles. The van der Waals surface area contributed by atoms with E-state index >= 15 is 0 Å². The molecule has 3 rings (SSSR count). The number of hydrogen-bond acceptors (Lipinski definition) is 7. The van der Waals surface area contributed by atoms with Gasteiger partial charge in [0, 0.05) is 13.6 Å². The SMILES string of the molecule is Cc1ccc(S(=O)(=O)NC(N)=NCCC[C@H](NC(=O)OC(C)(C)C)C(=O)c2nc3ccccc3n2C)cc1. The summed E-state index contributed by atoms with van der Waals surface area (Å²) in [6.07, 6.45) is -0.213. The van der Waals surface area contributed by atoms with Crippen molar-refractivity contribution in [2.75, 3.05) is 6.54 Å². The predicted octanol–water partition coefficient (Wildman–Crippen LogP) is 3.03. The molecule has 1 aromatic heterocycles. The van der Waals surface area contributed by atoms with E-state index in [1.54, 1.807) is 50.6 Å². The lowest BCUT2D eigenvalue weighted by Crippen LogP contribution is -2.44. The molecule has 0 aliphatic rings. The fraction of sp³-hybridized carbons (Fsp3) is 0.385. The minimum absolute atomic E-state index is 0.0657. The lowest BCUT2D eigenvalue weighted by molar-refractivity contribution is 0.0487. The van der Waals surface area contributed by atoms with Crippen LogP contribution < -0.4 is 15.8 Å². The summed E-state index contributed by atoms with van der Waals surface area (Å²) in [4.78, 5) is 34.5. The van der Waals surface area contributed by atoms with Crippen LogP contribution in [0.3, 0.4) is 0 Å². The monoisotopic (exact) mass is 542 g/mol. The maximum Gasteiger partial charge on any atom is 0.408 e. The van der Waals surface area contributed by atoms with Crippen molar-refractivity contribution in [3.63, 3.8) is 0 Å². The number of nitrogens with zero attached hydrogens (tertiary/aromatic N) is 3. The maximum atomic E-state index is 13.4. The highest BCUT2D eigenvalue weighted by Crippen LogP contribution is 2.17. The standard InChI is InChI=1S/C26H34N6O5S/c1-17-12-14-18(15-13-17)38(35,36)31-24(27)28-16-8-10-20(30-25(34)37-26(2,3)4)22(33)23-29-19-9-6-7-11-21(19)32(23)5/h6-7,9,11-15,20H,8,10,16H2,1-5H3,(H,30,34)(H3,27,28,31)/t20-/m0/s1. The second kappa shape index (κ2) is 11.6. The number of nitrogens with one attached hydrogen (secondary N) is 2. The number of carbonyl (C=O) groups excluding carboxylic acids is 2. The number of ketones is 1. The van der Waals surface area contributed by atoms with Gasteiger partial charge in [-0.1, -0.05) is 29.8 Å². The van der Waals surface area contributed by atoms with Gasteiger partial charge in [0.05, 0.1) is 22.0 Å². The van der Waals surface area contributed by atoms with E-state index in [1.165, 1.54) is 12.1 Å². The molecule has 38 heavy (non-hydrogen) atoms. The highest BCUT2D eigenvalue weighted by molar-refractivity contribution is 7.90. The van der Waals surface area contributed by atoms with Gasteiger partial charge in [-0.2, -0.15) is 0 Å². The number of hydrogen-bond donors (Lipinski definition) is 3. The molecule has 0 unspecified atom stereocenters. The second-order valence-corrected chi connectivity index (χ2v) is 11.6. The molecule has 3 aromatic rings. The van der Waals surface area contributed by atoms with E-state index in [9.17, 15) is 18.0 Å². The van der Waals surface area contributed by atoms with E-state index in [2.05, 4.69) is 20.0 Å². The van der Waals surface area contributed by atoms with Crippen molar-refractivity contribution < 1.29 is 22.7 Å². The summed E-state index contributed by atoms with van der Waals surface area (Å²) >= 11 is 0. The maximum absolute atomic E-state index is 13.4. The number of nitrogens with two attached hydrogens (primary N) is 1.